The van der Waals surface area contributed by atoms with Crippen molar-refractivity contribution in [3.8, 4) is 17.2 Å². The highest BCUT2D eigenvalue weighted by Gasteiger charge is 2.21. The molecule has 0 saturated heterocycles. The summed E-state index contributed by atoms with van der Waals surface area (Å²) in [5.41, 5.74) is 0.647. The maximum Gasteiger partial charge on any atom is 0.237 e. The lowest BCUT2D eigenvalue weighted by Gasteiger charge is -2.16. The summed E-state index contributed by atoms with van der Waals surface area (Å²) in [5.74, 6) is -0.778. The van der Waals surface area contributed by atoms with E-state index in [4.69, 9.17) is 33.0 Å². The summed E-state index contributed by atoms with van der Waals surface area (Å²) < 4.78 is 19.7. The lowest BCUT2D eigenvalue weighted by Crippen LogP contribution is -2.23. The number of benzene rings is 1. The molecule has 142 valence electrons. The van der Waals surface area contributed by atoms with Crippen LogP contribution in [-0.2, 0) is 0 Å². The summed E-state index contributed by atoms with van der Waals surface area (Å²) in [6.45, 7) is 3.23. The molecule has 0 saturated carbocycles. The third kappa shape index (κ3) is 4.67. The van der Waals surface area contributed by atoms with Gasteiger partial charge >= 0.3 is 0 Å². The zero-order valence-corrected chi connectivity index (χ0v) is 15.6. The van der Waals surface area contributed by atoms with Crippen molar-refractivity contribution in [3.05, 3.63) is 39.8 Å². The Hall–Kier alpha value is -1.80. The van der Waals surface area contributed by atoms with Crippen LogP contribution in [0.5, 0.6) is 17.2 Å². The van der Waals surface area contributed by atoms with Gasteiger partial charge in [-0.05, 0) is 24.1 Å². The van der Waals surface area contributed by atoms with E-state index in [9.17, 15) is 14.6 Å². The number of aromatic nitrogens is 1. The van der Waals surface area contributed by atoms with Crippen LogP contribution in [0.4, 0.5) is 10.2 Å². The second-order valence-electron chi connectivity index (χ2n) is 5.90. The third-order valence-electron chi connectivity index (χ3n) is 3.55. The average Bonchev–Trinajstić information content (AvgIpc) is 2.61. The highest BCUT2D eigenvalue weighted by Crippen LogP contribution is 2.42. The van der Waals surface area contributed by atoms with E-state index in [1.54, 1.807) is 6.07 Å². The van der Waals surface area contributed by atoms with Crippen LogP contribution in [0.15, 0.2) is 18.2 Å². The number of aliphatic hydroxyl groups excluding tert-OH is 2. The van der Waals surface area contributed by atoms with Gasteiger partial charge in [0.2, 0.25) is 5.95 Å². The van der Waals surface area contributed by atoms with Crippen LogP contribution in [-0.4, -0.2) is 39.6 Å². The largest absolute Gasteiger partial charge is 0.508 e. The van der Waals surface area contributed by atoms with Crippen LogP contribution in [0.1, 0.15) is 25.3 Å². The van der Waals surface area contributed by atoms with E-state index in [-0.39, 0.29) is 34.8 Å². The molecule has 0 aliphatic carbocycles. The maximum atomic E-state index is 14.0. The van der Waals surface area contributed by atoms with Crippen LogP contribution in [0.3, 0.4) is 0 Å². The highest BCUT2D eigenvalue weighted by molar-refractivity contribution is 6.38. The Morgan fingerprint density at radius 2 is 1.96 bits per heavy atom. The number of pyridine rings is 1. The molecule has 0 unspecified atom stereocenters. The smallest absolute Gasteiger partial charge is 0.237 e. The molecule has 2 rings (SSSR count). The number of anilines is 1. The lowest BCUT2D eigenvalue weighted by molar-refractivity contribution is 0.105. The zero-order chi connectivity index (χ0) is 19.4. The van der Waals surface area contributed by atoms with Gasteiger partial charge in [0, 0.05) is 12.1 Å². The molecule has 0 aliphatic heterocycles. The molecule has 6 nitrogen and oxygen atoms in total. The first-order valence-electron chi connectivity index (χ1n) is 7.82. The van der Waals surface area contributed by atoms with Crippen LogP contribution in [0.2, 0.25) is 10.0 Å². The normalized spacial score (nSPS) is 12.3. The number of nitrogens with one attached hydrogen (secondary N) is 1. The first-order chi connectivity index (χ1) is 12.2. The molecule has 1 aromatic heterocycles. The number of hydrogen-bond donors (Lipinski definition) is 4. The molecule has 2 aromatic rings. The van der Waals surface area contributed by atoms with E-state index in [0.717, 1.165) is 0 Å². The first-order valence-corrected chi connectivity index (χ1v) is 8.58. The Kier molecular flexibility index (Phi) is 6.88. The number of nitrogens with zero attached hydrogens (tertiary/aromatic N) is 1. The van der Waals surface area contributed by atoms with Crippen molar-refractivity contribution in [3.63, 3.8) is 0 Å². The molecule has 0 fully saturated rings. The van der Waals surface area contributed by atoms with Crippen molar-refractivity contribution >= 4 is 29.0 Å². The van der Waals surface area contributed by atoms with E-state index < -0.39 is 23.7 Å². The van der Waals surface area contributed by atoms with E-state index in [1.807, 2.05) is 13.8 Å². The number of phenolic OH excluding ortho intramolecular Hbond substituents is 1. The molecule has 9 heteroatoms. The first kappa shape index (κ1) is 20.5. The van der Waals surface area contributed by atoms with Gasteiger partial charge in [-0.15, -0.1) is 0 Å². The number of ether oxygens (including phenoxy) is 1. The molecule has 4 N–H and O–H groups in total. The van der Waals surface area contributed by atoms with E-state index in [2.05, 4.69) is 10.3 Å². The predicted molar refractivity (Wildman–Crippen MR) is 98.1 cm³/mol. The fourth-order valence-corrected chi connectivity index (χ4v) is 2.62. The summed E-state index contributed by atoms with van der Waals surface area (Å²) in [7, 11) is 0. The molecule has 1 heterocycles. The molecule has 0 radical (unpaired) electrons. The van der Waals surface area contributed by atoms with Crippen LogP contribution in [0.25, 0.3) is 0 Å². The maximum absolute atomic E-state index is 14.0. The van der Waals surface area contributed by atoms with Gasteiger partial charge in [0.1, 0.15) is 21.5 Å². The molecule has 1 aromatic carbocycles. The van der Waals surface area contributed by atoms with E-state index in [0.29, 0.717) is 11.3 Å². The number of rotatable bonds is 7. The van der Waals surface area contributed by atoms with Crippen LogP contribution in [0, 0.1) is 5.95 Å². The summed E-state index contributed by atoms with van der Waals surface area (Å²) >= 11 is 12.1. The quantitative estimate of drug-likeness (QED) is 0.522. The van der Waals surface area contributed by atoms with Gasteiger partial charge in [0.05, 0.1) is 12.7 Å². The Bertz CT molecular complexity index is 790. The summed E-state index contributed by atoms with van der Waals surface area (Å²) in [6.07, 6.45) is -1.07. The number of hydrogen-bond acceptors (Lipinski definition) is 6. The van der Waals surface area contributed by atoms with E-state index in [1.165, 1.54) is 12.1 Å². The van der Waals surface area contributed by atoms with Gasteiger partial charge < -0.3 is 25.4 Å². The van der Waals surface area contributed by atoms with Gasteiger partial charge in [-0.1, -0.05) is 37.0 Å². The Balaban J connectivity index is 2.37. The van der Waals surface area contributed by atoms with Crippen LogP contribution >= 0.6 is 23.2 Å². The minimum atomic E-state index is -1.07. The second-order valence-corrected chi connectivity index (χ2v) is 6.66. The summed E-state index contributed by atoms with van der Waals surface area (Å²) in [5, 5.41) is 30.3. The van der Waals surface area contributed by atoms with Crippen molar-refractivity contribution in [1.29, 1.82) is 0 Å². The van der Waals surface area contributed by atoms with Crippen molar-refractivity contribution in [1.82, 2.24) is 4.98 Å². The number of aromatic hydroxyl groups is 1. The Morgan fingerprint density at radius 1 is 1.27 bits per heavy atom. The van der Waals surface area contributed by atoms with Gasteiger partial charge in [-0.25, -0.2) is 0 Å². The SMILES string of the molecule is CC(C)c1cc(Oc2c(Cl)c(F)nc(NC[C@@H](O)CO)c2Cl)ccc1O. The number of phenols is 1. The molecule has 0 amide bonds. The van der Waals surface area contributed by atoms with E-state index >= 15 is 0 Å². The third-order valence-corrected chi connectivity index (χ3v) is 4.23. The zero-order valence-electron chi connectivity index (χ0n) is 14.1. The minimum Gasteiger partial charge on any atom is -0.508 e. The minimum absolute atomic E-state index is 0.0378. The summed E-state index contributed by atoms with van der Waals surface area (Å²) in [4.78, 5) is 3.59. The monoisotopic (exact) mass is 404 g/mol. The van der Waals surface area contributed by atoms with Crippen molar-refractivity contribution in [2.75, 3.05) is 18.5 Å². The van der Waals surface area contributed by atoms with Crippen molar-refractivity contribution in [2.45, 2.75) is 25.9 Å². The Labute approximate surface area is 160 Å². The molecule has 1 atom stereocenters. The fraction of sp³-hybridized carbons (Fsp3) is 0.353. The lowest BCUT2D eigenvalue weighted by atomic mass is 10.0. The van der Waals surface area contributed by atoms with Gasteiger partial charge in [-0.2, -0.15) is 9.37 Å². The van der Waals surface area contributed by atoms with Gasteiger partial charge in [-0.3, -0.25) is 0 Å². The Morgan fingerprint density at radius 3 is 2.58 bits per heavy atom. The topological polar surface area (TPSA) is 94.8 Å². The molecule has 0 spiro atoms. The fourth-order valence-electron chi connectivity index (χ4n) is 2.16. The van der Waals surface area contributed by atoms with Crippen LogP contribution < -0.4 is 10.1 Å². The molecule has 0 bridgehead atoms. The van der Waals surface area contributed by atoms with Crippen molar-refractivity contribution in [2.24, 2.45) is 0 Å². The molecule has 26 heavy (non-hydrogen) atoms. The predicted octanol–water partition coefficient (Wildman–Crippen LogP) is 3.91. The highest BCUT2D eigenvalue weighted by atomic mass is 35.5. The number of halogens is 3. The van der Waals surface area contributed by atoms with Gasteiger partial charge in [0.25, 0.3) is 0 Å². The standard InChI is InChI=1S/C17H19Cl2FN2O4/c1-8(2)11-5-10(3-4-12(11)25)26-15-13(18)16(20)22-17(14(15)19)21-6-9(24)7-23/h3-5,8-9,23-25H,6-7H2,1-2H3,(H,21,22)/t9-/m1/s1. The van der Waals surface area contributed by atoms with Gasteiger partial charge in [0.15, 0.2) is 11.6 Å². The molecule has 0 aliphatic rings. The number of aliphatic hydroxyl groups is 2. The molecular weight excluding hydrogens is 386 g/mol. The summed E-state index contributed by atoms with van der Waals surface area (Å²) in [6, 6.07) is 4.56. The second kappa shape index (κ2) is 8.73. The average molecular weight is 405 g/mol. The molecular formula is C17H19Cl2FN2O4. The van der Waals surface area contributed by atoms with Crippen molar-refractivity contribution < 1.29 is 24.4 Å².